The zero-order valence-corrected chi connectivity index (χ0v) is 12.3. The van der Waals surface area contributed by atoms with Gasteiger partial charge in [-0.1, -0.05) is 12.1 Å². The number of benzene rings is 1. The number of carbonyl (C=O) groups is 1. The number of carbonyl (C=O) groups excluding carboxylic acids is 1. The standard InChI is InChI=1S/C16H19NO5/c1-21-13-4-2-3-9-6-14(22-15(9)13)16(20)17-11-5-10(8-18)12(19)7-11/h2-4,6,10-12,18-19H,5,7-8H2,1H3,(H,17,20)/t10-,11+,12+/m0/s1. The number of amides is 1. The van der Waals surface area contributed by atoms with Gasteiger partial charge in [0.25, 0.3) is 5.91 Å². The van der Waals surface area contributed by atoms with Gasteiger partial charge in [0.1, 0.15) is 0 Å². The Hall–Kier alpha value is -2.05. The topological polar surface area (TPSA) is 91.9 Å². The van der Waals surface area contributed by atoms with Gasteiger partial charge < -0.3 is 24.7 Å². The predicted molar refractivity (Wildman–Crippen MR) is 79.8 cm³/mol. The van der Waals surface area contributed by atoms with Gasteiger partial charge in [-0.15, -0.1) is 0 Å². The molecule has 22 heavy (non-hydrogen) atoms. The Bertz CT molecular complexity index is 680. The number of methoxy groups -OCH3 is 1. The van der Waals surface area contributed by atoms with E-state index in [1.54, 1.807) is 19.2 Å². The summed E-state index contributed by atoms with van der Waals surface area (Å²) in [5.74, 6) is 0.282. The first-order chi connectivity index (χ1) is 10.6. The van der Waals surface area contributed by atoms with Gasteiger partial charge in [0, 0.05) is 24.0 Å². The maximum atomic E-state index is 12.3. The minimum atomic E-state index is -0.578. The van der Waals surface area contributed by atoms with Crippen LogP contribution in [0.3, 0.4) is 0 Å². The Morgan fingerprint density at radius 2 is 2.27 bits per heavy atom. The summed E-state index contributed by atoms with van der Waals surface area (Å²) in [7, 11) is 1.55. The zero-order chi connectivity index (χ0) is 15.7. The molecule has 1 saturated carbocycles. The van der Waals surface area contributed by atoms with Gasteiger partial charge in [0.15, 0.2) is 17.1 Å². The van der Waals surface area contributed by atoms with E-state index in [1.807, 2.05) is 12.1 Å². The number of hydrogen-bond acceptors (Lipinski definition) is 5. The van der Waals surface area contributed by atoms with Crippen LogP contribution in [0.25, 0.3) is 11.0 Å². The van der Waals surface area contributed by atoms with E-state index in [2.05, 4.69) is 5.32 Å². The summed E-state index contributed by atoms with van der Waals surface area (Å²) in [5, 5.41) is 22.6. The molecule has 1 aliphatic rings. The van der Waals surface area contributed by atoms with Crippen LogP contribution in [0.1, 0.15) is 23.4 Å². The molecular weight excluding hydrogens is 286 g/mol. The zero-order valence-electron chi connectivity index (χ0n) is 12.3. The average molecular weight is 305 g/mol. The third-order valence-electron chi connectivity index (χ3n) is 4.18. The molecule has 1 amide bonds. The lowest BCUT2D eigenvalue weighted by atomic mass is 10.1. The van der Waals surface area contributed by atoms with Gasteiger partial charge in [0.05, 0.1) is 13.2 Å². The molecule has 0 spiro atoms. The molecule has 6 heteroatoms. The average Bonchev–Trinajstić information content (AvgIpc) is 3.09. The molecule has 0 unspecified atom stereocenters. The van der Waals surface area contributed by atoms with E-state index in [9.17, 15) is 9.90 Å². The molecule has 1 fully saturated rings. The maximum Gasteiger partial charge on any atom is 0.287 e. The van der Waals surface area contributed by atoms with Crippen LogP contribution in [0, 0.1) is 5.92 Å². The number of fused-ring (bicyclic) bond motifs is 1. The van der Waals surface area contributed by atoms with E-state index in [0.717, 1.165) is 5.39 Å². The summed E-state index contributed by atoms with van der Waals surface area (Å²) in [6.07, 6.45) is 0.430. The van der Waals surface area contributed by atoms with Crippen molar-refractivity contribution in [2.75, 3.05) is 13.7 Å². The molecule has 3 atom stereocenters. The van der Waals surface area contributed by atoms with Gasteiger partial charge in [-0.25, -0.2) is 0 Å². The Kier molecular flexibility index (Phi) is 4.04. The van der Waals surface area contributed by atoms with Crippen LogP contribution in [-0.4, -0.2) is 42.0 Å². The van der Waals surface area contributed by atoms with Gasteiger partial charge in [0.2, 0.25) is 0 Å². The lowest BCUT2D eigenvalue weighted by Gasteiger charge is -2.10. The molecule has 1 aliphatic carbocycles. The van der Waals surface area contributed by atoms with Crippen molar-refractivity contribution in [3.05, 3.63) is 30.0 Å². The maximum absolute atomic E-state index is 12.3. The number of nitrogens with one attached hydrogen (secondary N) is 1. The second-order valence-electron chi connectivity index (χ2n) is 5.64. The van der Waals surface area contributed by atoms with Crippen molar-refractivity contribution >= 4 is 16.9 Å². The summed E-state index contributed by atoms with van der Waals surface area (Å²) < 4.78 is 10.8. The third kappa shape index (κ3) is 2.67. The Morgan fingerprint density at radius 3 is 2.95 bits per heavy atom. The van der Waals surface area contributed by atoms with Crippen LogP contribution in [0.2, 0.25) is 0 Å². The van der Waals surface area contributed by atoms with Crippen molar-refractivity contribution in [3.63, 3.8) is 0 Å². The largest absolute Gasteiger partial charge is 0.493 e. The normalized spacial score (nSPS) is 24.6. The third-order valence-corrected chi connectivity index (χ3v) is 4.18. The van der Waals surface area contributed by atoms with Crippen molar-refractivity contribution < 1.29 is 24.2 Å². The molecule has 6 nitrogen and oxygen atoms in total. The number of ether oxygens (including phenoxy) is 1. The van der Waals surface area contributed by atoms with Crippen LogP contribution in [-0.2, 0) is 0 Å². The Morgan fingerprint density at radius 1 is 1.45 bits per heavy atom. The molecular formula is C16H19NO5. The lowest BCUT2D eigenvalue weighted by Crippen LogP contribution is -2.33. The molecule has 0 bridgehead atoms. The van der Waals surface area contributed by atoms with Crippen LogP contribution in [0.5, 0.6) is 5.75 Å². The first-order valence-electron chi connectivity index (χ1n) is 7.28. The Labute approximate surface area is 127 Å². The van der Waals surface area contributed by atoms with Crippen LogP contribution >= 0.6 is 0 Å². The van der Waals surface area contributed by atoms with Crippen molar-refractivity contribution in [2.24, 2.45) is 5.92 Å². The summed E-state index contributed by atoms with van der Waals surface area (Å²) in [5.41, 5.74) is 0.537. The highest BCUT2D eigenvalue weighted by atomic mass is 16.5. The van der Waals surface area contributed by atoms with E-state index in [1.165, 1.54) is 0 Å². The highest BCUT2D eigenvalue weighted by molar-refractivity contribution is 5.97. The lowest BCUT2D eigenvalue weighted by molar-refractivity contribution is 0.0896. The molecule has 2 aromatic rings. The minimum Gasteiger partial charge on any atom is -0.493 e. The number of hydrogen-bond donors (Lipinski definition) is 3. The van der Waals surface area contributed by atoms with Crippen molar-refractivity contribution in [2.45, 2.75) is 25.0 Å². The predicted octanol–water partition coefficient (Wildman–Crippen LogP) is 1.30. The molecule has 118 valence electrons. The van der Waals surface area contributed by atoms with Gasteiger partial charge >= 0.3 is 0 Å². The van der Waals surface area contributed by atoms with E-state index in [0.29, 0.717) is 24.2 Å². The summed E-state index contributed by atoms with van der Waals surface area (Å²) in [6.45, 7) is -0.0740. The van der Waals surface area contributed by atoms with Crippen LogP contribution in [0.4, 0.5) is 0 Å². The van der Waals surface area contributed by atoms with E-state index >= 15 is 0 Å². The second-order valence-corrected chi connectivity index (χ2v) is 5.64. The van der Waals surface area contributed by atoms with Crippen molar-refractivity contribution in [3.8, 4) is 5.75 Å². The van der Waals surface area contributed by atoms with E-state index < -0.39 is 6.10 Å². The quantitative estimate of drug-likeness (QED) is 0.792. The fraction of sp³-hybridized carbons (Fsp3) is 0.438. The number of furan rings is 1. The van der Waals surface area contributed by atoms with Crippen molar-refractivity contribution in [1.29, 1.82) is 0 Å². The molecule has 3 N–H and O–H groups in total. The number of aliphatic hydroxyl groups is 2. The molecule has 0 saturated heterocycles. The highest BCUT2D eigenvalue weighted by Crippen LogP contribution is 2.29. The van der Waals surface area contributed by atoms with Gasteiger partial charge in [-0.2, -0.15) is 0 Å². The van der Waals surface area contributed by atoms with Gasteiger partial charge in [-0.05, 0) is 25.0 Å². The molecule has 1 heterocycles. The molecule has 1 aromatic heterocycles. The monoisotopic (exact) mass is 305 g/mol. The van der Waals surface area contributed by atoms with Crippen LogP contribution in [0.15, 0.2) is 28.7 Å². The van der Waals surface area contributed by atoms with Crippen molar-refractivity contribution in [1.82, 2.24) is 5.32 Å². The molecule has 3 rings (SSSR count). The number of para-hydroxylation sites is 1. The number of aliphatic hydroxyl groups excluding tert-OH is 2. The summed E-state index contributed by atoms with van der Waals surface area (Å²) in [4.78, 5) is 12.3. The Balaban J connectivity index is 1.76. The molecule has 0 radical (unpaired) electrons. The highest BCUT2D eigenvalue weighted by Gasteiger charge is 2.33. The minimum absolute atomic E-state index is 0.0740. The van der Waals surface area contributed by atoms with Gasteiger partial charge in [-0.3, -0.25) is 4.79 Å². The molecule has 1 aromatic carbocycles. The first kappa shape index (κ1) is 14.9. The fourth-order valence-corrected chi connectivity index (χ4v) is 2.98. The molecule has 0 aliphatic heterocycles. The summed E-state index contributed by atoms with van der Waals surface area (Å²) in [6, 6.07) is 6.96. The summed E-state index contributed by atoms with van der Waals surface area (Å²) >= 11 is 0. The van der Waals surface area contributed by atoms with Crippen LogP contribution < -0.4 is 10.1 Å². The van der Waals surface area contributed by atoms with E-state index in [4.69, 9.17) is 14.3 Å². The smallest absolute Gasteiger partial charge is 0.287 e. The van der Waals surface area contributed by atoms with E-state index in [-0.39, 0.29) is 30.2 Å². The first-order valence-corrected chi connectivity index (χ1v) is 7.28. The SMILES string of the molecule is COc1cccc2cc(C(=O)N[C@@H]3C[C@@H](CO)[C@H](O)C3)oc12. The fourth-order valence-electron chi connectivity index (χ4n) is 2.98. The second kappa shape index (κ2) is 5.98. The number of rotatable bonds is 4.